The van der Waals surface area contributed by atoms with Gasteiger partial charge in [-0.25, -0.2) is 4.98 Å². The lowest BCUT2D eigenvalue weighted by Gasteiger charge is -2.03. The molecule has 0 saturated carbocycles. The highest BCUT2D eigenvalue weighted by atomic mass is 15.3. The van der Waals surface area contributed by atoms with Gasteiger partial charge in [0.05, 0.1) is 17.6 Å². The van der Waals surface area contributed by atoms with Gasteiger partial charge in [-0.1, -0.05) is 0 Å². The summed E-state index contributed by atoms with van der Waals surface area (Å²) in [5.74, 6) is 0.496. The van der Waals surface area contributed by atoms with Gasteiger partial charge in [-0.15, -0.1) is 0 Å². The number of hydrogen-bond acceptors (Lipinski definition) is 3. The van der Waals surface area contributed by atoms with Gasteiger partial charge in [0, 0.05) is 18.4 Å². The van der Waals surface area contributed by atoms with Crippen molar-refractivity contribution in [2.45, 2.75) is 26.8 Å². The minimum Gasteiger partial charge on any atom is -0.369 e. The predicted molar refractivity (Wildman–Crippen MR) is 58.9 cm³/mol. The van der Waals surface area contributed by atoms with Gasteiger partial charge < -0.3 is 5.73 Å². The lowest BCUT2D eigenvalue weighted by atomic mass is 10.4. The van der Waals surface area contributed by atoms with Crippen LogP contribution in [0, 0.1) is 6.92 Å². The van der Waals surface area contributed by atoms with Gasteiger partial charge >= 0.3 is 0 Å². The maximum atomic E-state index is 5.77. The number of anilines is 1. The van der Waals surface area contributed by atoms with Crippen molar-refractivity contribution in [2.75, 3.05) is 5.73 Å². The Balaban J connectivity index is 2.41. The molecule has 2 aromatic heterocycles. The second kappa shape index (κ2) is 3.42. The summed E-state index contributed by atoms with van der Waals surface area (Å²) in [5.41, 5.74) is 7.63. The zero-order valence-electron chi connectivity index (χ0n) is 9.18. The molecule has 0 saturated heterocycles. The lowest BCUT2D eigenvalue weighted by molar-refractivity contribution is 0.532. The summed E-state index contributed by atoms with van der Waals surface area (Å²) in [5, 5.41) is 4.25. The first kappa shape index (κ1) is 9.76. The Kier molecular flexibility index (Phi) is 2.22. The van der Waals surface area contributed by atoms with Gasteiger partial charge in [-0.3, -0.25) is 9.25 Å². The van der Waals surface area contributed by atoms with Crippen LogP contribution in [0.2, 0.25) is 0 Å². The number of imidazole rings is 1. The second-order valence-corrected chi connectivity index (χ2v) is 3.88. The summed E-state index contributed by atoms with van der Waals surface area (Å²) in [4.78, 5) is 4.15. The first-order valence-corrected chi connectivity index (χ1v) is 4.94. The lowest BCUT2D eigenvalue weighted by Crippen LogP contribution is -2.01. The van der Waals surface area contributed by atoms with Crippen molar-refractivity contribution >= 4 is 5.95 Å². The molecule has 0 bridgehead atoms. The van der Waals surface area contributed by atoms with Gasteiger partial charge in [0.15, 0.2) is 0 Å². The third-order valence-corrected chi connectivity index (χ3v) is 2.25. The van der Waals surface area contributed by atoms with Crippen LogP contribution < -0.4 is 5.73 Å². The fraction of sp³-hybridized carbons (Fsp3) is 0.400. The second-order valence-electron chi connectivity index (χ2n) is 3.88. The molecule has 15 heavy (non-hydrogen) atoms. The maximum absolute atomic E-state index is 5.77. The van der Waals surface area contributed by atoms with Crippen LogP contribution >= 0.6 is 0 Å². The molecular formula is C10H15N5. The number of hydrogen-bond donors (Lipinski definition) is 1. The molecule has 0 aliphatic rings. The molecule has 2 rings (SSSR count). The number of nitrogens with two attached hydrogens (primary N) is 1. The smallest absolute Gasteiger partial charge is 0.205 e. The van der Waals surface area contributed by atoms with Crippen LogP contribution in [-0.2, 0) is 0 Å². The first-order valence-electron chi connectivity index (χ1n) is 4.94. The standard InChI is InChI=1S/C10H15N5/c1-7(2)15-6-9(4-12-15)14-5-8(3)13-10(14)11/h4-7H,1-3H3,(H2,11,13). The zero-order chi connectivity index (χ0) is 11.0. The summed E-state index contributed by atoms with van der Waals surface area (Å²) < 4.78 is 3.73. The minimum atomic E-state index is 0.351. The van der Waals surface area contributed by atoms with Gasteiger partial charge in [0.2, 0.25) is 5.95 Å². The van der Waals surface area contributed by atoms with E-state index in [-0.39, 0.29) is 0 Å². The molecule has 0 aliphatic carbocycles. The summed E-state index contributed by atoms with van der Waals surface area (Å²) in [6, 6.07) is 0.351. The van der Waals surface area contributed by atoms with Crippen molar-refractivity contribution in [1.29, 1.82) is 0 Å². The van der Waals surface area contributed by atoms with Gasteiger partial charge in [0.25, 0.3) is 0 Å². The number of aromatic nitrogens is 4. The van der Waals surface area contributed by atoms with E-state index < -0.39 is 0 Å². The topological polar surface area (TPSA) is 61.7 Å². The van der Waals surface area contributed by atoms with Crippen molar-refractivity contribution in [3.63, 3.8) is 0 Å². The van der Waals surface area contributed by atoms with Crippen LogP contribution in [0.15, 0.2) is 18.6 Å². The van der Waals surface area contributed by atoms with Crippen molar-refractivity contribution in [2.24, 2.45) is 0 Å². The molecule has 5 heteroatoms. The fourth-order valence-electron chi connectivity index (χ4n) is 1.46. The molecule has 0 atom stereocenters. The van der Waals surface area contributed by atoms with Gasteiger partial charge in [-0.05, 0) is 20.8 Å². The van der Waals surface area contributed by atoms with Crippen LogP contribution in [0.25, 0.3) is 5.69 Å². The van der Waals surface area contributed by atoms with E-state index in [1.807, 2.05) is 28.6 Å². The predicted octanol–water partition coefficient (Wildman–Crippen LogP) is 1.54. The molecule has 5 nitrogen and oxygen atoms in total. The van der Waals surface area contributed by atoms with Crippen LogP contribution in [-0.4, -0.2) is 19.3 Å². The van der Waals surface area contributed by atoms with Gasteiger partial charge in [0.1, 0.15) is 0 Å². The van der Waals surface area contributed by atoms with E-state index in [4.69, 9.17) is 5.73 Å². The zero-order valence-corrected chi connectivity index (χ0v) is 9.18. The summed E-state index contributed by atoms with van der Waals surface area (Å²) in [7, 11) is 0. The molecule has 0 fully saturated rings. The van der Waals surface area contributed by atoms with E-state index in [1.54, 1.807) is 6.20 Å². The average Bonchev–Trinajstić information content (AvgIpc) is 2.71. The van der Waals surface area contributed by atoms with Crippen molar-refractivity contribution in [1.82, 2.24) is 19.3 Å². The highest BCUT2D eigenvalue weighted by Gasteiger charge is 2.07. The number of nitrogens with zero attached hydrogens (tertiary/aromatic N) is 4. The van der Waals surface area contributed by atoms with Crippen molar-refractivity contribution < 1.29 is 0 Å². The SMILES string of the molecule is Cc1cn(-c2cnn(C(C)C)c2)c(N)n1. The molecule has 0 aromatic carbocycles. The Labute approximate surface area is 88.5 Å². The number of rotatable bonds is 2. The van der Waals surface area contributed by atoms with E-state index in [0.29, 0.717) is 12.0 Å². The molecule has 2 heterocycles. The Bertz CT molecular complexity index is 466. The van der Waals surface area contributed by atoms with Crippen molar-refractivity contribution in [3.05, 3.63) is 24.3 Å². The summed E-state index contributed by atoms with van der Waals surface area (Å²) in [6.45, 7) is 6.08. The largest absolute Gasteiger partial charge is 0.369 e. The van der Waals surface area contributed by atoms with Crippen LogP contribution in [0.3, 0.4) is 0 Å². The highest BCUT2D eigenvalue weighted by molar-refractivity contribution is 5.37. The molecular weight excluding hydrogens is 190 g/mol. The van der Waals surface area contributed by atoms with Crippen LogP contribution in [0.5, 0.6) is 0 Å². The van der Waals surface area contributed by atoms with E-state index >= 15 is 0 Å². The van der Waals surface area contributed by atoms with Crippen molar-refractivity contribution in [3.8, 4) is 5.69 Å². The van der Waals surface area contributed by atoms with E-state index in [0.717, 1.165) is 11.4 Å². The average molecular weight is 205 g/mol. The van der Waals surface area contributed by atoms with E-state index in [2.05, 4.69) is 23.9 Å². The van der Waals surface area contributed by atoms with Gasteiger partial charge in [-0.2, -0.15) is 5.10 Å². The third-order valence-electron chi connectivity index (χ3n) is 2.25. The summed E-state index contributed by atoms with van der Waals surface area (Å²) >= 11 is 0. The summed E-state index contributed by atoms with van der Waals surface area (Å²) in [6.07, 6.45) is 5.65. The minimum absolute atomic E-state index is 0.351. The molecule has 2 aromatic rings. The molecule has 0 unspecified atom stereocenters. The maximum Gasteiger partial charge on any atom is 0.205 e. The van der Waals surface area contributed by atoms with E-state index in [1.165, 1.54) is 0 Å². The van der Waals surface area contributed by atoms with Crippen LogP contribution in [0.4, 0.5) is 5.95 Å². The third kappa shape index (κ3) is 1.72. The Hall–Kier alpha value is -1.78. The molecule has 0 amide bonds. The highest BCUT2D eigenvalue weighted by Crippen LogP contribution is 2.14. The fourth-order valence-corrected chi connectivity index (χ4v) is 1.46. The Morgan fingerprint density at radius 2 is 2.07 bits per heavy atom. The molecule has 80 valence electrons. The molecule has 0 spiro atoms. The quantitative estimate of drug-likeness (QED) is 0.809. The molecule has 2 N–H and O–H groups in total. The van der Waals surface area contributed by atoms with E-state index in [9.17, 15) is 0 Å². The normalized spacial score (nSPS) is 11.2. The number of aryl methyl sites for hydroxylation is 1. The van der Waals surface area contributed by atoms with Crippen LogP contribution in [0.1, 0.15) is 25.6 Å². The molecule has 0 aliphatic heterocycles. The first-order chi connectivity index (χ1) is 7.08. The Morgan fingerprint density at radius 3 is 2.53 bits per heavy atom. The Morgan fingerprint density at radius 1 is 1.33 bits per heavy atom. The monoisotopic (exact) mass is 205 g/mol. The molecule has 0 radical (unpaired) electrons. The number of nitrogen functional groups attached to an aromatic ring is 1.